The van der Waals surface area contributed by atoms with Crippen molar-refractivity contribution in [2.45, 2.75) is 85.6 Å². The van der Waals surface area contributed by atoms with Crippen molar-refractivity contribution in [3.05, 3.63) is 29.8 Å². The fourth-order valence-electron chi connectivity index (χ4n) is 2.86. The fraction of sp³-hybridized carbons (Fsp3) is 0.625. The second kappa shape index (κ2) is 12.3. The standard InChI is InChI=1S/C24H38N2O6/c1-9-30-18-12-10-17(11-13-18)14-19(22(28)31-16(4)5)25-21(27)20(15(2)3)26-23(29)32-24(6,7)8/h10-13,15-16,19-20H,9,14H2,1-8H3,(H,25,27)(H,26,29). The van der Waals surface area contributed by atoms with Crippen LogP contribution in [0.15, 0.2) is 24.3 Å². The first-order valence-corrected chi connectivity index (χ1v) is 11.0. The van der Waals surface area contributed by atoms with Crippen LogP contribution in [0.5, 0.6) is 5.75 Å². The molecule has 0 saturated heterocycles. The van der Waals surface area contributed by atoms with Gasteiger partial charge in [-0.1, -0.05) is 26.0 Å². The van der Waals surface area contributed by atoms with Crippen molar-refractivity contribution in [2.24, 2.45) is 5.92 Å². The Bertz CT molecular complexity index is 753. The highest BCUT2D eigenvalue weighted by atomic mass is 16.6. The molecule has 0 aliphatic heterocycles. The Morgan fingerprint density at radius 2 is 1.56 bits per heavy atom. The third kappa shape index (κ3) is 10.0. The van der Waals surface area contributed by atoms with Crippen LogP contribution >= 0.6 is 0 Å². The molecule has 0 heterocycles. The molecule has 180 valence electrons. The minimum absolute atomic E-state index is 0.227. The molecule has 0 bridgehead atoms. The maximum absolute atomic E-state index is 13.0. The highest BCUT2D eigenvalue weighted by molar-refractivity contribution is 5.90. The highest BCUT2D eigenvalue weighted by Gasteiger charge is 2.31. The molecule has 0 aliphatic rings. The summed E-state index contributed by atoms with van der Waals surface area (Å²) in [6, 6.07) is 5.51. The van der Waals surface area contributed by atoms with Gasteiger partial charge in [0.2, 0.25) is 5.91 Å². The van der Waals surface area contributed by atoms with Crippen LogP contribution in [0.2, 0.25) is 0 Å². The molecular formula is C24H38N2O6. The molecule has 0 aromatic heterocycles. The van der Waals surface area contributed by atoms with Gasteiger partial charge in [0.15, 0.2) is 0 Å². The van der Waals surface area contributed by atoms with Gasteiger partial charge in [0.25, 0.3) is 0 Å². The Balaban J connectivity index is 2.98. The zero-order valence-corrected chi connectivity index (χ0v) is 20.5. The SMILES string of the molecule is CCOc1ccc(CC(NC(=O)C(NC(=O)OC(C)(C)C)C(C)C)C(=O)OC(C)C)cc1. The quantitative estimate of drug-likeness (QED) is 0.528. The van der Waals surface area contributed by atoms with Crippen LogP contribution in [0, 0.1) is 5.92 Å². The number of hydrogen-bond acceptors (Lipinski definition) is 6. The van der Waals surface area contributed by atoms with Crippen molar-refractivity contribution in [2.75, 3.05) is 6.61 Å². The van der Waals surface area contributed by atoms with E-state index in [0.29, 0.717) is 6.61 Å². The molecule has 32 heavy (non-hydrogen) atoms. The average molecular weight is 451 g/mol. The molecule has 1 aromatic carbocycles. The first-order chi connectivity index (χ1) is 14.8. The molecule has 8 nitrogen and oxygen atoms in total. The van der Waals surface area contributed by atoms with Gasteiger partial charge in [-0.3, -0.25) is 4.79 Å². The maximum Gasteiger partial charge on any atom is 0.408 e. The minimum Gasteiger partial charge on any atom is -0.494 e. The number of ether oxygens (including phenoxy) is 3. The van der Waals surface area contributed by atoms with Gasteiger partial charge < -0.3 is 24.8 Å². The molecule has 1 aromatic rings. The number of esters is 1. The third-order valence-electron chi connectivity index (χ3n) is 4.25. The summed E-state index contributed by atoms with van der Waals surface area (Å²) in [7, 11) is 0. The lowest BCUT2D eigenvalue weighted by Gasteiger charge is -2.27. The summed E-state index contributed by atoms with van der Waals surface area (Å²) in [5.74, 6) is -0.526. The van der Waals surface area contributed by atoms with Gasteiger partial charge in [-0.2, -0.15) is 0 Å². The number of nitrogens with one attached hydrogen (secondary N) is 2. The zero-order valence-electron chi connectivity index (χ0n) is 20.5. The number of rotatable bonds is 10. The molecule has 0 saturated carbocycles. The van der Waals surface area contributed by atoms with Gasteiger partial charge in [0, 0.05) is 6.42 Å². The highest BCUT2D eigenvalue weighted by Crippen LogP contribution is 2.15. The van der Waals surface area contributed by atoms with Gasteiger partial charge in [0.05, 0.1) is 12.7 Å². The minimum atomic E-state index is -0.912. The van der Waals surface area contributed by atoms with Crippen molar-refractivity contribution in [1.29, 1.82) is 0 Å². The molecule has 2 unspecified atom stereocenters. The van der Waals surface area contributed by atoms with Crippen molar-refractivity contribution < 1.29 is 28.6 Å². The Morgan fingerprint density at radius 1 is 0.969 bits per heavy atom. The van der Waals surface area contributed by atoms with Gasteiger partial charge in [0.1, 0.15) is 23.4 Å². The molecule has 2 atom stereocenters. The van der Waals surface area contributed by atoms with E-state index in [0.717, 1.165) is 11.3 Å². The van der Waals surface area contributed by atoms with Crippen molar-refractivity contribution in [3.8, 4) is 5.75 Å². The number of benzene rings is 1. The average Bonchev–Trinajstić information content (AvgIpc) is 2.65. The maximum atomic E-state index is 13.0. The fourth-order valence-corrected chi connectivity index (χ4v) is 2.86. The number of carbonyl (C=O) groups is 3. The number of carbonyl (C=O) groups excluding carboxylic acids is 3. The van der Waals surface area contributed by atoms with Crippen LogP contribution in [-0.4, -0.2) is 48.4 Å². The van der Waals surface area contributed by atoms with E-state index >= 15 is 0 Å². The van der Waals surface area contributed by atoms with Gasteiger partial charge in [-0.05, 0) is 65.2 Å². The van der Waals surface area contributed by atoms with E-state index in [2.05, 4.69) is 10.6 Å². The Kier molecular flexibility index (Phi) is 10.5. The van der Waals surface area contributed by atoms with Gasteiger partial charge in [-0.25, -0.2) is 9.59 Å². The largest absolute Gasteiger partial charge is 0.494 e. The molecule has 0 fully saturated rings. The Labute approximate surface area is 191 Å². The van der Waals surface area contributed by atoms with E-state index in [9.17, 15) is 14.4 Å². The summed E-state index contributed by atoms with van der Waals surface area (Å²) < 4.78 is 16.1. The monoisotopic (exact) mass is 450 g/mol. The first kappa shape index (κ1) is 27.3. The number of hydrogen-bond donors (Lipinski definition) is 2. The Hall–Kier alpha value is -2.77. The topological polar surface area (TPSA) is 103 Å². The van der Waals surface area contributed by atoms with Gasteiger partial charge >= 0.3 is 12.1 Å². The van der Waals surface area contributed by atoms with Crippen LogP contribution in [0.4, 0.5) is 4.79 Å². The normalized spacial score (nSPS) is 13.3. The lowest BCUT2D eigenvalue weighted by Crippen LogP contribution is -2.55. The molecule has 2 amide bonds. The van der Waals surface area contributed by atoms with Crippen molar-refractivity contribution in [1.82, 2.24) is 10.6 Å². The number of amides is 2. The summed E-state index contributed by atoms with van der Waals surface area (Å²) in [5, 5.41) is 5.35. The molecule has 0 aliphatic carbocycles. The summed E-state index contributed by atoms with van der Waals surface area (Å²) in [4.78, 5) is 37.9. The van der Waals surface area contributed by atoms with Crippen LogP contribution < -0.4 is 15.4 Å². The van der Waals surface area contributed by atoms with E-state index in [-0.39, 0.29) is 18.4 Å². The Morgan fingerprint density at radius 3 is 2.03 bits per heavy atom. The second-order valence-electron chi connectivity index (χ2n) is 9.20. The summed E-state index contributed by atoms with van der Waals surface area (Å²) in [5.41, 5.74) is 0.139. The van der Waals surface area contributed by atoms with E-state index in [1.807, 2.05) is 31.2 Å². The first-order valence-electron chi connectivity index (χ1n) is 11.0. The summed E-state index contributed by atoms with van der Waals surface area (Å²) >= 11 is 0. The van der Waals surface area contributed by atoms with E-state index in [1.54, 1.807) is 48.5 Å². The molecular weight excluding hydrogens is 412 g/mol. The molecule has 2 N–H and O–H groups in total. The van der Waals surface area contributed by atoms with Crippen LogP contribution in [0.25, 0.3) is 0 Å². The summed E-state index contributed by atoms with van der Waals surface area (Å²) in [6.07, 6.45) is -0.789. The van der Waals surface area contributed by atoms with Crippen LogP contribution in [0.3, 0.4) is 0 Å². The number of alkyl carbamates (subject to hydrolysis) is 1. The summed E-state index contributed by atoms with van der Waals surface area (Å²) in [6.45, 7) is 14.8. The molecule has 8 heteroatoms. The molecule has 1 rings (SSSR count). The van der Waals surface area contributed by atoms with Crippen LogP contribution in [0.1, 0.15) is 61.0 Å². The van der Waals surface area contributed by atoms with E-state index in [1.165, 1.54) is 0 Å². The van der Waals surface area contributed by atoms with Crippen molar-refractivity contribution in [3.63, 3.8) is 0 Å². The molecule has 0 radical (unpaired) electrons. The van der Waals surface area contributed by atoms with E-state index < -0.39 is 35.7 Å². The lowest BCUT2D eigenvalue weighted by atomic mass is 10.0. The van der Waals surface area contributed by atoms with Crippen molar-refractivity contribution >= 4 is 18.0 Å². The predicted molar refractivity (Wildman–Crippen MR) is 122 cm³/mol. The molecule has 0 spiro atoms. The smallest absolute Gasteiger partial charge is 0.408 e. The van der Waals surface area contributed by atoms with Gasteiger partial charge in [-0.15, -0.1) is 0 Å². The predicted octanol–water partition coefficient (Wildman–Crippen LogP) is 3.61. The lowest BCUT2D eigenvalue weighted by molar-refractivity contribution is -0.151. The van der Waals surface area contributed by atoms with Crippen LogP contribution in [-0.2, 0) is 25.5 Å². The van der Waals surface area contributed by atoms with E-state index in [4.69, 9.17) is 14.2 Å². The second-order valence-corrected chi connectivity index (χ2v) is 9.20. The zero-order chi connectivity index (χ0) is 24.5. The third-order valence-corrected chi connectivity index (χ3v) is 4.25.